The first-order valence-corrected chi connectivity index (χ1v) is 11.8. The molecule has 0 aromatic heterocycles. The Morgan fingerprint density at radius 2 is 1.83 bits per heavy atom. The van der Waals surface area contributed by atoms with Gasteiger partial charge in [0.15, 0.2) is 0 Å². The van der Waals surface area contributed by atoms with Gasteiger partial charge in [0.25, 0.3) is 0 Å². The Morgan fingerprint density at radius 3 is 2.60 bits per heavy atom. The van der Waals surface area contributed by atoms with Gasteiger partial charge in [0, 0.05) is 26.1 Å². The molecule has 9 heteroatoms. The van der Waals surface area contributed by atoms with Gasteiger partial charge in [-0.3, -0.25) is 0 Å². The molecule has 1 saturated heterocycles. The summed E-state index contributed by atoms with van der Waals surface area (Å²) < 4.78 is 34.2. The molecule has 2 aromatic carbocycles. The Morgan fingerprint density at radius 1 is 1.13 bits per heavy atom. The third-order valence-electron chi connectivity index (χ3n) is 5.61. The van der Waals surface area contributed by atoms with Crippen LogP contribution in [0, 0.1) is 0 Å². The molecule has 2 aromatic rings. The van der Waals surface area contributed by atoms with Crippen molar-refractivity contribution in [2.75, 3.05) is 25.0 Å². The molecule has 4 rings (SSSR count). The van der Waals surface area contributed by atoms with Gasteiger partial charge in [-0.15, -0.1) is 0 Å². The molecule has 0 aliphatic carbocycles. The molecule has 2 heterocycles. The van der Waals surface area contributed by atoms with Crippen LogP contribution < -0.4 is 10.1 Å². The van der Waals surface area contributed by atoms with Crippen LogP contribution in [0.1, 0.15) is 19.8 Å². The fourth-order valence-electron chi connectivity index (χ4n) is 4.12. The fourth-order valence-corrected chi connectivity index (χ4v) is 6.11. The lowest BCUT2D eigenvalue weighted by Gasteiger charge is -2.30. The van der Waals surface area contributed by atoms with Crippen molar-refractivity contribution in [1.82, 2.24) is 9.21 Å². The number of hydrogen-bond acceptors (Lipinski definition) is 4. The minimum atomic E-state index is -3.68. The topological polar surface area (TPSA) is 79.0 Å². The van der Waals surface area contributed by atoms with E-state index in [1.807, 2.05) is 6.92 Å². The molecular formula is C21H24ClN3O4S. The first-order chi connectivity index (χ1) is 14.4. The lowest BCUT2D eigenvalue weighted by molar-refractivity contribution is 0.115. The SMILES string of the molecule is CCN1[C@H]2CCN(C(=O)Nc3ccccc3Cl)CC[C@@H]2Oc2ccccc2S1(=O)=O. The van der Waals surface area contributed by atoms with E-state index in [-0.39, 0.29) is 23.1 Å². The van der Waals surface area contributed by atoms with E-state index in [2.05, 4.69) is 5.32 Å². The zero-order valence-electron chi connectivity index (χ0n) is 16.6. The van der Waals surface area contributed by atoms with E-state index in [1.54, 1.807) is 53.4 Å². The van der Waals surface area contributed by atoms with Crippen LogP contribution >= 0.6 is 11.6 Å². The molecule has 2 amide bonds. The normalized spacial score (nSPS) is 23.3. The van der Waals surface area contributed by atoms with E-state index in [0.717, 1.165) is 0 Å². The summed E-state index contributed by atoms with van der Waals surface area (Å²) in [6, 6.07) is 13.2. The molecule has 30 heavy (non-hydrogen) atoms. The quantitative estimate of drug-likeness (QED) is 0.756. The summed E-state index contributed by atoms with van der Waals surface area (Å²) in [7, 11) is -3.68. The van der Waals surface area contributed by atoms with Gasteiger partial charge in [0.1, 0.15) is 16.7 Å². The summed E-state index contributed by atoms with van der Waals surface area (Å²) in [5, 5.41) is 3.31. The number of fused-ring (bicyclic) bond motifs is 2. The Hall–Kier alpha value is -2.29. The zero-order valence-corrected chi connectivity index (χ0v) is 18.2. The number of benzene rings is 2. The number of hydrogen-bond donors (Lipinski definition) is 1. The minimum Gasteiger partial charge on any atom is -0.487 e. The number of para-hydroxylation sites is 2. The lowest BCUT2D eigenvalue weighted by atomic mass is 10.1. The number of amides is 2. The van der Waals surface area contributed by atoms with Crippen LogP contribution in [0.25, 0.3) is 0 Å². The molecule has 0 radical (unpaired) electrons. The van der Waals surface area contributed by atoms with Crippen molar-refractivity contribution >= 4 is 33.3 Å². The van der Waals surface area contributed by atoms with E-state index in [0.29, 0.717) is 48.9 Å². The number of ether oxygens (including phenoxy) is 1. The van der Waals surface area contributed by atoms with Crippen LogP contribution in [0.15, 0.2) is 53.4 Å². The van der Waals surface area contributed by atoms with Crippen LogP contribution in [0.2, 0.25) is 5.02 Å². The molecule has 1 N–H and O–H groups in total. The number of nitrogens with one attached hydrogen (secondary N) is 1. The number of halogens is 1. The lowest BCUT2D eigenvalue weighted by Crippen LogP contribution is -2.47. The summed E-state index contributed by atoms with van der Waals surface area (Å²) in [5.41, 5.74) is 0.547. The fraction of sp³-hybridized carbons (Fsp3) is 0.381. The Bertz CT molecular complexity index is 1050. The number of carbonyl (C=O) groups is 1. The second-order valence-electron chi connectivity index (χ2n) is 7.35. The number of nitrogens with zero attached hydrogens (tertiary/aromatic N) is 2. The molecule has 160 valence electrons. The van der Waals surface area contributed by atoms with Crippen LogP contribution in [0.3, 0.4) is 0 Å². The maximum Gasteiger partial charge on any atom is 0.321 e. The van der Waals surface area contributed by atoms with E-state index < -0.39 is 10.0 Å². The van der Waals surface area contributed by atoms with Crippen molar-refractivity contribution < 1.29 is 17.9 Å². The summed E-state index contributed by atoms with van der Waals surface area (Å²) in [6.07, 6.45) is 0.685. The van der Waals surface area contributed by atoms with Crippen LogP contribution in [-0.4, -0.2) is 55.4 Å². The number of urea groups is 1. The number of carbonyl (C=O) groups excluding carboxylic acids is 1. The zero-order chi connectivity index (χ0) is 21.3. The van der Waals surface area contributed by atoms with Crippen LogP contribution in [0.4, 0.5) is 10.5 Å². The van der Waals surface area contributed by atoms with E-state index in [4.69, 9.17) is 16.3 Å². The van der Waals surface area contributed by atoms with Crippen molar-refractivity contribution in [3.05, 3.63) is 53.6 Å². The smallest absolute Gasteiger partial charge is 0.321 e. The predicted octanol–water partition coefficient (Wildman–Crippen LogP) is 3.81. The first kappa shape index (κ1) is 21.0. The standard InChI is InChI=1S/C21H24ClN3O4S/c1-2-25-17-11-13-24(21(26)23-16-8-4-3-7-15(16)22)14-12-18(17)29-19-9-5-6-10-20(19)30(25,27)28/h3-10,17-18H,2,11-14H2,1H3,(H,23,26)/t17-,18-/m0/s1. The third kappa shape index (κ3) is 3.87. The Labute approximate surface area is 181 Å². The molecule has 2 aliphatic heterocycles. The summed E-state index contributed by atoms with van der Waals surface area (Å²) in [6.45, 7) is 3.04. The second kappa shape index (κ2) is 8.45. The van der Waals surface area contributed by atoms with Gasteiger partial charge in [-0.2, -0.15) is 4.31 Å². The Kier molecular flexibility index (Phi) is 5.90. The molecule has 7 nitrogen and oxygen atoms in total. The number of likely N-dealkylation sites (N-methyl/N-ethyl adjacent to an activating group) is 1. The van der Waals surface area contributed by atoms with E-state index >= 15 is 0 Å². The van der Waals surface area contributed by atoms with Crippen molar-refractivity contribution in [2.24, 2.45) is 0 Å². The highest BCUT2D eigenvalue weighted by atomic mass is 35.5. The van der Waals surface area contributed by atoms with Gasteiger partial charge in [0.05, 0.1) is 16.8 Å². The van der Waals surface area contributed by atoms with Gasteiger partial charge in [-0.1, -0.05) is 42.8 Å². The van der Waals surface area contributed by atoms with E-state index in [9.17, 15) is 13.2 Å². The monoisotopic (exact) mass is 449 g/mol. The highest BCUT2D eigenvalue weighted by molar-refractivity contribution is 7.89. The molecular weight excluding hydrogens is 426 g/mol. The molecule has 1 fully saturated rings. The van der Waals surface area contributed by atoms with E-state index in [1.165, 1.54) is 4.31 Å². The second-order valence-corrected chi connectivity index (χ2v) is 9.62. The summed E-state index contributed by atoms with van der Waals surface area (Å²) in [5.74, 6) is 0.373. The number of likely N-dealkylation sites (tertiary alicyclic amines) is 1. The summed E-state index contributed by atoms with van der Waals surface area (Å²) >= 11 is 6.15. The van der Waals surface area contributed by atoms with Crippen molar-refractivity contribution in [1.29, 1.82) is 0 Å². The molecule has 2 aliphatic rings. The molecule has 0 bridgehead atoms. The molecule has 0 unspecified atom stereocenters. The van der Waals surface area contributed by atoms with Gasteiger partial charge in [0.2, 0.25) is 10.0 Å². The predicted molar refractivity (Wildman–Crippen MR) is 115 cm³/mol. The third-order valence-corrected chi connectivity index (χ3v) is 7.97. The van der Waals surface area contributed by atoms with Crippen LogP contribution in [-0.2, 0) is 10.0 Å². The number of rotatable bonds is 2. The minimum absolute atomic E-state index is 0.202. The number of sulfonamides is 1. The van der Waals surface area contributed by atoms with Gasteiger partial charge in [-0.25, -0.2) is 13.2 Å². The van der Waals surface area contributed by atoms with Crippen molar-refractivity contribution in [3.8, 4) is 5.75 Å². The molecule has 2 atom stereocenters. The highest BCUT2D eigenvalue weighted by Gasteiger charge is 2.42. The van der Waals surface area contributed by atoms with Crippen LogP contribution in [0.5, 0.6) is 5.75 Å². The highest BCUT2D eigenvalue weighted by Crippen LogP contribution is 2.36. The van der Waals surface area contributed by atoms with Gasteiger partial charge in [-0.05, 0) is 30.7 Å². The van der Waals surface area contributed by atoms with Crippen molar-refractivity contribution in [3.63, 3.8) is 0 Å². The van der Waals surface area contributed by atoms with Gasteiger partial charge < -0.3 is 15.0 Å². The maximum absolute atomic E-state index is 13.3. The Balaban J connectivity index is 1.57. The average Bonchev–Trinajstić information content (AvgIpc) is 2.97. The molecule has 0 saturated carbocycles. The average molecular weight is 450 g/mol. The molecule has 0 spiro atoms. The van der Waals surface area contributed by atoms with Crippen molar-refractivity contribution in [2.45, 2.75) is 36.8 Å². The maximum atomic E-state index is 13.3. The first-order valence-electron chi connectivity index (χ1n) is 10.00. The summed E-state index contributed by atoms with van der Waals surface area (Å²) in [4.78, 5) is 14.7. The van der Waals surface area contributed by atoms with Gasteiger partial charge >= 0.3 is 6.03 Å². The largest absolute Gasteiger partial charge is 0.487 e. The number of anilines is 1.